The number of hydrogen-bond donors (Lipinski definition) is 1. The predicted octanol–water partition coefficient (Wildman–Crippen LogP) is 4.85. The van der Waals surface area contributed by atoms with Gasteiger partial charge in [-0.3, -0.25) is 4.79 Å². The molecule has 0 atom stereocenters. The average Bonchev–Trinajstić information content (AvgIpc) is 3.21. The lowest BCUT2D eigenvalue weighted by Crippen LogP contribution is -2.41. The molecule has 1 aromatic carbocycles. The fourth-order valence-electron chi connectivity index (χ4n) is 3.01. The Kier molecular flexibility index (Phi) is 7.18. The van der Waals surface area contributed by atoms with Gasteiger partial charge >= 0.3 is 6.09 Å². The molecule has 1 aliphatic heterocycles. The number of ether oxygens (including phenoxy) is 1. The Morgan fingerprint density at radius 3 is 2.74 bits per heavy atom. The molecule has 0 radical (unpaired) electrons. The van der Waals surface area contributed by atoms with Crippen molar-refractivity contribution in [3.05, 3.63) is 46.7 Å². The van der Waals surface area contributed by atoms with Gasteiger partial charge in [0.1, 0.15) is 0 Å². The van der Waals surface area contributed by atoms with Crippen molar-refractivity contribution in [1.82, 2.24) is 4.90 Å². The molecule has 5 nitrogen and oxygen atoms in total. The number of carbonyl (C=O) groups is 2. The smallest absolute Gasteiger partial charge is 0.409 e. The van der Waals surface area contributed by atoms with E-state index in [9.17, 15) is 9.59 Å². The van der Waals surface area contributed by atoms with Crippen LogP contribution in [0.3, 0.4) is 0 Å². The largest absolute Gasteiger partial charge is 0.450 e. The van der Waals surface area contributed by atoms with Crippen molar-refractivity contribution in [3.63, 3.8) is 0 Å². The van der Waals surface area contributed by atoms with Crippen molar-refractivity contribution in [3.8, 4) is 0 Å². The quantitative estimate of drug-likeness (QED) is 0.700. The molecule has 0 aliphatic carbocycles. The number of thioether (sulfide) groups is 1. The summed E-state index contributed by atoms with van der Waals surface area (Å²) in [6.45, 7) is 3.29. The predicted molar refractivity (Wildman–Crippen MR) is 110 cm³/mol. The molecule has 144 valence electrons. The zero-order valence-electron chi connectivity index (χ0n) is 15.3. The molecule has 1 fully saturated rings. The van der Waals surface area contributed by atoms with Crippen LogP contribution in [0.2, 0.25) is 0 Å². The molecule has 0 bridgehead atoms. The molecule has 3 rings (SSSR count). The summed E-state index contributed by atoms with van der Waals surface area (Å²) in [6, 6.07) is 10.0. The summed E-state index contributed by atoms with van der Waals surface area (Å²) in [7, 11) is 0. The normalized spacial score (nSPS) is 14.8. The maximum Gasteiger partial charge on any atom is 0.409 e. The lowest BCUT2D eigenvalue weighted by molar-refractivity contribution is -0.121. The maximum absolute atomic E-state index is 12.7. The molecule has 7 heteroatoms. The van der Waals surface area contributed by atoms with E-state index in [2.05, 4.69) is 22.1 Å². The van der Waals surface area contributed by atoms with Crippen LogP contribution in [0.15, 0.2) is 46.0 Å². The number of likely N-dealkylation sites (tertiary alicyclic amines) is 1. The standard InChI is InChI=1S/C20H24N2O3S2/c1-2-25-20(24)22-10-7-16(8-11-22)19(23)21-17-5-3-4-6-18(17)27-14-15-9-12-26-13-15/h3-6,9,12-13,16H,2,7-8,10-11,14H2,1H3,(H,21,23). The first kappa shape index (κ1) is 19.8. The molecule has 0 spiro atoms. The van der Waals surface area contributed by atoms with Crippen LogP contribution in [0.5, 0.6) is 0 Å². The second kappa shape index (κ2) is 9.80. The molecule has 1 aliphatic rings. The van der Waals surface area contributed by atoms with Crippen molar-refractivity contribution < 1.29 is 14.3 Å². The van der Waals surface area contributed by atoms with E-state index < -0.39 is 0 Å². The molecule has 27 heavy (non-hydrogen) atoms. The van der Waals surface area contributed by atoms with E-state index in [1.54, 1.807) is 34.9 Å². The van der Waals surface area contributed by atoms with Crippen LogP contribution in [0.4, 0.5) is 10.5 Å². The molecule has 1 aromatic heterocycles. The zero-order valence-corrected chi connectivity index (χ0v) is 17.0. The Balaban J connectivity index is 1.54. The fourth-order valence-corrected chi connectivity index (χ4v) is 4.73. The molecule has 1 N–H and O–H groups in total. The lowest BCUT2D eigenvalue weighted by Gasteiger charge is -2.30. The first-order chi connectivity index (χ1) is 13.2. The minimum Gasteiger partial charge on any atom is -0.450 e. The number of nitrogens with one attached hydrogen (secondary N) is 1. The van der Waals surface area contributed by atoms with Crippen LogP contribution in [0, 0.1) is 5.92 Å². The molecule has 0 saturated carbocycles. The van der Waals surface area contributed by atoms with E-state index in [1.165, 1.54) is 5.56 Å². The maximum atomic E-state index is 12.7. The van der Waals surface area contributed by atoms with Gasteiger partial charge in [0.25, 0.3) is 0 Å². The first-order valence-corrected chi connectivity index (χ1v) is 11.1. The van der Waals surface area contributed by atoms with Gasteiger partial charge in [-0.2, -0.15) is 11.3 Å². The molecule has 2 heterocycles. The van der Waals surface area contributed by atoms with E-state index in [1.807, 2.05) is 24.3 Å². The minimum atomic E-state index is -0.286. The highest BCUT2D eigenvalue weighted by Crippen LogP contribution is 2.31. The van der Waals surface area contributed by atoms with Gasteiger partial charge in [0.05, 0.1) is 12.3 Å². The van der Waals surface area contributed by atoms with Crippen molar-refractivity contribution in [2.75, 3.05) is 25.0 Å². The number of rotatable bonds is 6. The summed E-state index contributed by atoms with van der Waals surface area (Å²) < 4.78 is 5.03. The molecular weight excluding hydrogens is 380 g/mol. The highest BCUT2D eigenvalue weighted by molar-refractivity contribution is 7.98. The molecular formula is C20H24N2O3S2. The number of nitrogens with zero attached hydrogens (tertiary/aromatic N) is 1. The second-order valence-corrected chi connectivity index (χ2v) is 8.16. The Bertz CT molecular complexity index is 756. The molecule has 2 aromatic rings. The third kappa shape index (κ3) is 5.49. The van der Waals surface area contributed by atoms with Crippen molar-refractivity contribution in [2.24, 2.45) is 5.92 Å². The Labute approximate surface area is 168 Å². The number of benzene rings is 1. The van der Waals surface area contributed by atoms with Gasteiger partial charge in [0, 0.05) is 29.7 Å². The average molecular weight is 405 g/mol. The minimum absolute atomic E-state index is 0.0297. The summed E-state index contributed by atoms with van der Waals surface area (Å²) in [4.78, 5) is 27.2. The second-order valence-electron chi connectivity index (χ2n) is 6.37. The van der Waals surface area contributed by atoms with Gasteiger partial charge in [-0.05, 0) is 54.3 Å². The van der Waals surface area contributed by atoms with E-state index >= 15 is 0 Å². The van der Waals surface area contributed by atoms with Gasteiger partial charge in [-0.25, -0.2) is 4.79 Å². The number of amides is 2. The van der Waals surface area contributed by atoms with Crippen LogP contribution < -0.4 is 5.32 Å². The van der Waals surface area contributed by atoms with Gasteiger partial charge in [-0.1, -0.05) is 12.1 Å². The van der Waals surface area contributed by atoms with Crippen LogP contribution >= 0.6 is 23.1 Å². The number of carbonyl (C=O) groups excluding carboxylic acids is 2. The van der Waals surface area contributed by atoms with E-state index in [4.69, 9.17) is 4.74 Å². The summed E-state index contributed by atoms with van der Waals surface area (Å²) in [6.07, 6.45) is 1.04. The number of thiophene rings is 1. The van der Waals surface area contributed by atoms with E-state index in [0.29, 0.717) is 32.5 Å². The van der Waals surface area contributed by atoms with E-state index in [-0.39, 0.29) is 17.9 Å². The first-order valence-electron chi connectivity index (χ1n) is 9.13. The third-order valence-electron chi connectivity index (χ3n) is 4.51. The summed E-state index contributed by atoms with van der Waals surface area (Å²) in [5, 5.41) is 7.31. The summed E-state index contributed by atoms with van der Waals surface area (Å²) >= 11 is 3.42. The highest BCUT2D eigenvalue weighted by atomic mass is 32.2. The van der Waals surface area contributed by atoms with Gasteiger partial charge in [-0.15, -0.1) is 11.8 Å². The number of para-hydroxylation sites is 1. The summed E-state index contributed by atoms with van der Waals surface area (Å²) in [5.41, 5.74) is 2.15. The monoisotopic (exact) mass is 404 g/mol. The van der Waals surface area contributed by atoms with Crippen LogP contribution in [0.1, 0.15) is 25.3 Å². The third-order valence-corrected chi connectivity index (χ3v) is 6.39. The molecule has 0 unspecified atom stereocenters. The molecule has 2 amide bonds. The topological polar surface area (TPSA) is 58.6 Å². The highest BCUT2D eigenvalue weighted by Gasteiger charge is 2.28. The van der Waals surface area contributed by atoms with Gasteiger partial charge in [0.2, 0.25) is 5.91 Å². The Morgan fingerprint density at radius 1 is 1.26 bits per heavy atom. The zero-order chi connectivity index (χ0) is 19.1. The van der Waals surface area contributed by atoms with Gasteiger partial charge in [0.15, 0.2) is 0 Å². The summed E-state index contributed by atoms with van der Waals surface area (Å²) in [5.74, 6) is 0.835. The SMILES string of the molecule is CCOC(=O)N1CCC(C(=O)Nc2ccccc2SCc2ccsc2)CC1. The van der Waals surface area contributed by atoms with Gasteiger partial charge < -0.3 is 15.0 Å². The number of piperidine rings is 1. The Morgan fingerprint density at radius 2 is 2.04 bits per heavy atom. The van der Waals surface area contributed by atoms with Crippen LogP contribution in [-0.2, 0) is 15.3 Å². The van der Waals surface area contributed by atoms with Crippen molar-refractivity contribution >= 4 is 40.8 Å². The number of hydrogen-bond acceptors (Lipinski definition) is 5. The van der Waals surface area contributed by atoms with Crippen molar-refractivity contribution in [2.45, 2.75) is 30.4 Å². The van der Waals surface area contributed by atoms with Crippen LogP contribution in [-0.4, -0.2) is 36.6 Å². The Hall–Kier alpha value is -1.99. The van der Waals surface area contributed by atoms with E-state index in [0.717, 1.165) is 16.3 Å². The lowest BCUT2D eigenvalue weighted by atomic mass is 9.96. The molecule has 1 saturated heterocycles. The number of anilines is 1. The fraction of sp³-hybridized carbons (Fsp3) is 0.400. The van der Waals surface area contributed by atoms with Crippen molar-refractivity contribution in [1.29, 1.82) is 0 Å². The van der Waals surface area contributed by atoms with Crippen LogP contribution in [0.25, 0.3) is 0 Å².